The van der Waals surface area contributed by atoms with E-state index >= 15 is 0 Å². The SMILES string of the molecule is Cc1ccccc1CSCCNS(=O)(=O)c1ccc(C)c([N+](=O)[O-])c1. The van der Waals surface area contributed by atoms with Gasteiger partial charge in [0.1, 0.15) is 0 Å². The van der Waals surface area contributed by atoms with Crippen LogP contribution in [0.4, 0.5) is 5.69 Å². The van der Waals surface area contributed by atoms with Gasteiger partial charge in [-0.1, -0.05) is 30.3 Å². The minimum atomic E-state index is -3.75. The molecule has 0 bridgehead atoms. The Kier molecular flexibility index (Phi) is 6.57. The molecular formula is C17H20N2O4S2. The Balaban J connectivity index is 1.91. The molecule has 2 aromatic carbocycles. The number of nitrogens with zero attached hydrogens (tertiary/aromatic N) is 1. The van der Waals surface area contributed by atoms with Crippen LogP contribution in [-0.2, 0) is 15.8 Å². The minimum Gasteiger partial charge on any atom is -0.258 e. The first-order chi connectivity index (χ1) is 11.8. The molecule has 1 N–H and O–H groups in total. The maximum Gasteiger partial charge on any atom is 0.273 e. The summed E-state index contributed by atoms with van der Waals surface area (Å²) in [6.45, 7) is 3.88. The van der Waals surface area contributed by atoms with E-state index in [0.29, 0.717) is 11.3 Å². The number of nitro groups is 1. The van der Waals surface area contributed by atoms with Crippen molar-refractivity contribution < 1.29 is 13.3 Å². The lowest BCUT2D eigenvalue weighted by molar-refractivity contribution is -0.385. The third kappa shape index (κ3) is 5.29. The van der Waals surface area contributed by atoms with Crippen molar-refractivity contribution in [2.45, 2.75) is 24.5 Å². The lowest BCUT2D eigenvalue weighted by atomic mass is 10.1. The van der Waals surface area contributed by atoms with Crippen LogP contribution in [0.5, 0.6) is 0 Å². The first-order valence-corrected chi connectivity index (χ1v) is 10.3. The van der Waals surface area contributed by atoms with Gasteiger partial charge in [0.25, 0.3) is 5.69 Å². The smallest absolute Gasteiger partial charge is 0.258 e. The van der Waals surface area contributed by atoms with Crippen LogP contribution in [0, 0.1) is 24.0 Å². The predicted molar refractivity (Wildman–Crippen MR) is 100 cm³/mol. The molecule has 0 spiro atoms. The van der Waals surface area contributed by atoms with Crippen molar-refractivity contribution in [3.63, 3.8) is 0 Å². The van der Waals surface area contributed by atoms with Crippen LogP contribution in [-0.4, -0.2) is 25.6 Å². The highest BCUT2D eigenvalue weighted by molar-refractivity contribution is 7.98. The zero-order valence-corrected chi connectivity index (χ0v) is 15.7. The predicted octanol–water partition coefficient (Wildman–Crippen LogP) is 3.42. The second-order valence-electron chi connectivity index (χ2n) is 5.58. The Hall–Kier alpha value is -1.90. The van der Waals surface area contributed by atoms with Gasteiger partial charge in [0.15, 0.2) is 0 Å². The van der Waals surface area contributed by atoms with Crippen LogP contribution in [0.3, 0.4) is 0 Å². The molecule has 6 nitrogen and oxygen atoms in total. The molecule has 25 heavy (non-hydrogen) atoms. The van der Waals surface area contributed by atoms with E-state index in [-0.39, 0.29) is 17.1 Å². The molecule has 2 rings (SSSR count). The first-order valence-electron chi connectivity index (χ1n) is 7.68. The number of benzene rings is 2. The fourth-order valence-corrected chi connectivity index (χ4v) is 4.35. The summed E-state index contributed by atoms with van der Waals surface area (Å²) in [7, 11) is -3.75. The number of thioether (sulfide) groups is 1. The highest BCUT2D eigenvalue weighted by Crippen LogP contribution is 2.22. The van der Waals surface area contributed by atoms with E-state index in [2.05, 4.69) is 10.8 Å². The third-order valence-corrected chi connectivity index (χ3v) is 6.21. The maximum atomic E-state index is 12.3. The van der Waals surface area contributed by atoms with Crippen molar-refractivity contribution in [1.82, 2.24) is 4.72 Å². The molecule has 0 heterocycles. The molecular weight excluding hydrogens is 360 g/mol. The topological polar surface area (TPSA) is 89.3 Å². The van der Waals surface area contributed by atoms with Crippen LogP contribution in [0.15, 0.2) is 47.4 Å². The third-order valence-electron chi connectivity index (χ3n) is 3.74. The second kappa shape index (κ2) is 8.46. The largest absolute Gasteiger partial charge is 0.273 e. The van der Waals surface area contributed by atoms with Crippen molar-refractivity contribution in [1.29, 1.82) is 0 Å². The Morgan fingerprint density at radius 3 is 2.52 bits per heavy atom. The van der Waals surface area contributed by atoms with E-state index in [1.807, 2.05) is 25.1 Å². The van der Waals surface area contributed by atoms with E-state index in [4.69, 9.17) is 0 Å². The summed E-state index contributed by atoms with van der Waals surface area (Å²) in [6, 6.07) is 12.0. The number of nitro benzene ring substituents is 1. The molecule has 0 aliphatic heterocycles. The molecule has 2 aromatic rings. The standard InChI is InChI=1S/C17H20N2O4S2/c1-13-5-3-4-6-15(13)12-24-10-9-18-25(22,23)16-8-7-14(2)17(11-16)19(20)21/h3-8,11,18H,9-10,12H2,1-2H3. The van der Waals surface area contributed by atoms with Gasteiger partial charge < -0.3 is 0 Å². The quantitative estimate of drug-likeness (QED) is 0.430. The summed E-state index contributed by atoms with van der Waals surface area (Å²) < 4.78 is 27.0. The number of aryl methyl sites for hydroxylation is 2. The fraction of sp³-hybridized carbons (Fsp3) is 0.294. The van der Waals surface area contributed by atoms with Crippen LogP contribution in [0.1, 0.15) is 16.7 Å². The molecule has 0 aromatic heterocycles. The van der Waals surface area contributed by atoms with E-state index in [1.165, 1.54) is 23.3 Å². The lowest BCUT2D eigenvalue weighted by Gasteiger charge is -2.08. The number of nitrogens with one attached hydrogen (secondary N) is 1. The summed E-state index contributed by atoms with van der Waals surface area (Å²) in [5.41, 5.74) is 2.67. The number of hydrogen-bond acceptors (Lipinski definition) is 5. The monoisotopic (exact) mass is 380 g/mol. The van der Waals surface area contributed by atoms with Crippen molar-refractivity contribution in [3.05, 3.63) is 69.3 Å². The molecule has 0 unspecified atom stereocenters. The Morgan fingerprint density at radius 1 is 1.12 bits per heavy atom. The van der Waals surface area contributed by atoms with Crippen molar-refractivity contribution in [3.8, 4) is 0 Å². The summed E-state index contributed by atoms with van der Waals surface area (Å²) in [5.74, 6) is 1.42. The average molecular weight is 380 g/mol. The number of rotatable bonds is 8. The highest BCUT2D eigenvalue weighted by atomic mass is 32.2. The maximum absolute atomic E-state index is 12.3. The Morgan fingerprint density at radius 2 is 1.84 bits per heavy atom. The van der Waals surface area contributed by atoms with Gasteiger partial charge in [-0.15, -0.1) is 0 Å². The first kappa shape index (κ1) is 19.4. The lowest BCUT2D eigenvalue weighted by Crippen LogP contribution is -2.26. The average Bonchev–Trinajstić information content (AvgIpc) is 2.56. The van der Waals surface area contributed by atoms with Gasteiger partial charge in [0.05, 0.1) is 9.82 Å². The molecule has 8 heteroatoms. The summed E-state index contributed by atoms with van der Waals surface area (Å²) >= 11 is 1.63. The summed E-state index contributed by atoms with van der Waals surface area (Å²) in [4.78, 5) is 10.3. The van der Waals surface area contributed by atoms with Crippen molar-refractivity contribution >= 4 is 27.5 Å². The van der Waals surface area contributed by atoms with Gasteiger partial charge in [-0.2, -0.15) is 11.8 Å². The molecule has 0 radical (unpaired) electrons. The van der Waals surface area contributed by atoms with Crippen molar-refractivity contribution in [2.75, 3.05) is 12.3 Å². The highest BCUT2D eigenvalue weighted by Gasteiger charge is 2.19. The Bertz CT molecular complexity index is 867. The normalized spacial score (nSPS) is 11.4. The summed E-state index contributed by atoms with van der Waals surface area (Å²) in [5, 5.41) is 10.9. The molecule has 0 aliphatic rings. The van der Waals surface area contributed by atoms with Crippen LogP contribution >= 0.6 is 11.8 Å². The molecule has 0 saturated heterocycles. The summed E-state index contributed by atoms with van der Waals surface area (Å²) in [6.07, 6.45) is 0. The van der Waals surface area contributed by atoms with Crippen LogP contribution in [0.2, 0.25) is 0 Å². The Labute approximate surface area is 151 Å². The van der Waals surface area contributed by atoms with Gasteiger partial charge in [-0.3, -0.25) is 10.1 Å². The van der Waals surface area contributed by atoms with Gasteiger partial charge in [-0.25, -0.2) is 13.1 Å². The number of sulfonamides is 1. The van der Waals surface area contributed by atoms with Gasteiger partial charge in [-0.05, 0) is 31.0 Å². The second-order valence-corrected chi connectivity index (χ2v) is 8.45. The van der Waals surface area contributed by atoms with Gasteiger partial charge in [0, 0.05) is 29.7 Å². The fourth-order valence-electron chi connectivity index (χ4n) is 2.24. The molecule has 0 fully saturated rings. The molecule has 0 amide bonds. The molecule has 134 valence electrons. The van der Waals surface area contributed by atoms with Crippen LogP contribution < -0.4 is 4.72 Å². The van der Waals surface area contributed by atoms with Gasteiger partial charge >= 0.3 is 0 Å². The number of hydrogen-bond donors (Lipinski definition) is 1. The zero-order valence-electron chi connectivity index (χ0n) is 14.1. The molecule has 0 saturated carbocycles. The zero-order chi connectivity index (χ0) is 18.4. The van der Waals surface area contributed by atoms with Crippen LogP contribution in [0.25, 0.3) is 0 Å². The van der Waals surface area contributed by atoms with Gasteiger partial charge in [0.2, 0.25) is 10.0 Å². The van der Waals surface area contributed by atoms with E-state index in [0.717, 1.165) is 11.8 Å². The van der Waals surface area contributed by atoms with Crippen molar-refractivity contribution in [2.24, 2.45) is 0 Å². The van der Waals surface area contributed by atoms with E-state index < -0.39 is 14.9 Å². The molecule has 0 atom stereocenters. The minimum absolute atomic E-state index is 0.0892. The molecule has 0 aliphatic carbocycles. The van der Waals surface area contributed by atoms with E-state index in [1.54, 1.807) is 18.7 Å². The van der Waals surface area contributed by atoms with E-state index in [9.17, 15) is 18.5 Å².